The van der Waals surface area contributed by atoms with E-state index in [2.05, 4.69) is 10.3 Å². The fourth-order valence-electron chi connectivity index (χ4n) is 1.94. The Morgan fingerprint density at radius 2 is 2.19 bits per heavy atom. The number of anilines is 1. The molecular formula is C13H19N3O5. The average Bonchev–Trinajstić information content (AvgIpc) is 2.96. The third kappa shape index (κ3) is 3.94. The molecule has 0 spiro atoms. The summed E-state index contributed by atoms with van der Waals surface area (Å²) in [5, 5.41) is 2.84. The van der Waals surface area contributed by atoms with E-state index in [9.17, 15) is 9.59 Å². The second kappa shape index (κ2) is 7.07. The van der Waals surface area contributed by atoms with E-state index in [1.807, 2.05) is 0 Å². The van der Waals surface area contributed by atoms with Crippen LogP contribution >= 0.6 is 0 Å². The molecule has 0 radical (unpaired) electrons. The molecule has 21 heavy (non-hydrogen) atoms. The first-order valence-corrected chi connectivity index (χ1v) is 6.87. The van der Waals surface area contributed by atoms with Crippen molar-refractivity contribution in [3.63, 3.8) is 0 Å². The highest BCUT2D eigenvalue weighted by Gasteiger charge is 2.24. The maximum Gasteiger partial charge on any atom is 0.360 e. The Bertz CT molecular complexity index is 496. The molecule has 1 aliphatic rings. The molecule has 0 aromatic carbocycles. The molecule has 1 fully saturated rings. The molecule has 1 aromatic heterocycles. The zero-order valence-electron chi connectivity index (χ0n) is 12.1. The molecule has 2 heterocycles. The van der Waals surface area contributed by atoms with Crippen LogP contribution in [0.4, 0.5) is 6.01 Å². The molecule has 1 aromatic rings. The minimum atomic E-state index is -0.554. The Balaban J connectivity index is 1.91. The lowest BCUT2D eigenvalue weighted by Crippen LogP contribution is -2.47. The zero-order chi connectivity index (χ0) is 15.2. The summed E-state index contributed by atoms with van der Waals surface area (Å²) in [6.07, 6.45) is 1.20. The van der Waals surface area contributed by atoms with Crippen LogP contribution in [-0.4, -0.2) is 60.7 Å². The van der Waals surface area contributed by atoms with Gasteiger partial charge in [-0.1, -0.05) is 0 Å². The van der Waals surface area contributed by atoms with E-state index in [0.717, 1.165) is 0 Å². The lowest BCUT2D eigenvalue weighted by molar-refractivity contribution is -0.135. The van der Waals surface area contributed by atoms with E-state index in [4.69, 9.17) is 13.9 Å². The quantitative estimate of drug-likeness (QED) is 0.791. The predicted molar refractivity (Wildman–Crippen MR) is 72.9 cm³/mol. The average molecular weight is 297 g/mol. The third-order valence-corrected chi connectivity index (χ3v) is 3.02. The number of amides is 1. The Hall–Kier alpha value is -2.09. The van der Waals surface area contributed by atoms with Crippen LogP contribution in [0.1, 0.15) is 24.3 Å². The van der Waals surface area contributed by atoms with Gasteiger partial charge >= 0.3 is 5.97 Å². The highest BCUT2D eigenvalue weighted by Crippen LogP contribution is 2.11. The summed E-state index contributed by atoms with van der Waals surface area (Å²) in [6.45, 7) is 5.93. The predicted octanol–water partition coefficient (Wildman–Crippen LogP) is 0.510. The normalized spacial score (nSPS) is 16.4. The summed E-state index contributed by atoms with van der Waals surface area (Å²) in [5.74, 6) is -0.615. The second-order valence-electron chi connectivity index (χ2n) is 4.56. The van der Waals surface area contributed by atoms with Gasteiger partial charge in [0, 0.05) is 13.1 Å². The van der Waals surface area contributed by atoms with Crippen LogP contribution in [0, 0.1) is 0 Å². The van der Waals surface area contributed by atoms with Crippen LogP contribution in [0.15, 0.2) is 10.7 Å². The maximum atomic E-state index is 12.2. The molecule has 1 N–H and O–H groups in total. The SMILES string of the molecule is CCOC(=O)c1coc(NC(C)C(=O)N2CCOCC2)n1. The standard InChI is InChI=1S/C13H19N3O5/c1-3-20-12(18)10-8-21-13(15-10)14-9(2)11(17)16-4-6-19-7-5-16/h8-9H,3-7H2,1-2H3,(H,14,15). The summed E-state index contributed by atoms with van der Waals surface area (Å²) in [4.78, 5) is 29.3. The maximum absolute atomic E-state index is 12.2. The van der Waals surface area contributed by atoms with E-state index in [1.54, 1.807) is 18.7 Å². The molecule has 1 atom stereocenters. The summed E-state index contributed by atoms with van der Waals surface area (Å²) in [6, 6.07) is -0.385. The van der Waals surface area contributed by atoms with Gasteiger partial charge < -0.3 is 24.1 Å². The molecule has 1 unspecified atom stereocenters. The highest BCUT2D eigenvalue weighted by atomic mass is 16.5. The van der Waals surface area contributed by atoms with Crippen LogP contribution in [0.5, 0.6) is 0 Å². The number of esters is 1. The van der Waals surface area contributed by atoms with Crippen LogP contribution in [0.3, 0.4) is 0 Å². The van der Waals surface area contributed by atoms with Crippen molar-refractivity contribution in [2.75, 3.05) is 38.2 Å². The number of nitrogens with one attached hydrogen (secondary N) is 1. The smallest absolute Gasteiger partial charge is 0.360 e. The van der Waals surface area contributed by atoms with Gasteiger partial charge in [0.15, 0.2) is 5.69 Å². The summed E-state index contributed by atoms with van der Waals surface area (Å²) in [7, 11) is 0. The van der Waals surface area contributed by atoms with Gasteiger partial charge in [-0.05, 0) is 13.8 Å². The van der Waals surface area contributed by atoms with Crippen molar-refractivity contribution in [2.24, 2.45) is 0 Å². The number of rotatable bonds is 5. The van der Waals surface area contributed by atoms with Crippen molar-refractivity contribution in [3.05, 3.63) is 12.0 Å². The van der Waals surface area contributed by atoms with Crippen molar-refractivity contribution >= 4 is 17.9 Å². The number of morpholine rings is 1. The van der Waals surface area contributed by atoms with Crippen LogP contribution in [0.25, 0.3) is 0 Å². The molecule has 0 aliphatic carbocycles. The minimum Gasteiger partial charge on any atom is -0.461 e. The van der Waals surface area contributed by atoms with Crippen LogP contribution in [0.2, 0.25) is 0 Å². The molecule has 1 amide bonds. The van der Waals surface area contributed by atoms with E-state index in [1.165, 1.54) is 6.26 Å². The number of aromatic nitrogens is 1. The summed E-state index contributed by atoms with van der Waals surface area (Å²) < 4.78 is 15.1. The number of carbonyl (C=O) groups is 2. The number of hydrogen-bond acceptors (Lipinski definition) is 7. The Labute approximate surface area is 122 Å². The zero-order valence-corrected chi connectivity index (χ0v) is 12.1. The summed E-state index contributed by atoms with van der Waals surface area (Å²) >= 11 is 0. The lowest BCUT2D eigenvalue weighted by Gasteiger charge is -2.29. The number of oxazole rings is 1. The minimum absolute atomic E-state index is 0.0609. The monoisotopic (exact) mass is 297 g/mol. The molecule has 2 rings (SSSR count). The van der Waals surface area contributed by atoms with Crippen molar-refractivity contribution < 1.29 is 23.5 Å². The Kier molecular flexibility index (Phi) is 5.15. The molecular weight excluding hydrogens is 278 g/mol. The third-order valence-electron chi connectivity index (χ3n) is 3.02. The van der Waals surface area contributed by atoms with Gasteiger partial charge in [-0.25, -0.2) is 4.79 Å². The van der Waals surface area contributed by atoms with Gasteiger partial charge in [0.05, 0.1) is 19.8 Å². The lowest BCUT2D eigenvalue weighted by atomic mass is 10.2. The number of nitrogens with zero attached hydrogens (tertiary/aromatic N) is 2. The van der Waals surface area contributed by atoms with Gasteiger partial charge in [0.2, 0.25) is 5.91 Å². The molecule has 8 heteroatoms. The number of hydrogen-bond donors (Lipinski definition) is 1. The van der Waals surface area contributed by atoms with E-state index in [-0.39, 0.29) is 24.2 Å². The van der Waals surface area contributed by atoms with Gasteiger partial charge in [0.1, 0.15) is 12.3 Å². The van der Waals surface area contributed by atoms with Crippen molar-refractivity contribution in [1.29, 1.82) is 0 Å². The van der Waals surface area contributed by atoms with Crippen molar-refractivity contribution in [2.45, 2.75) is 19.9 Å². The molecule has 0 saturated carbocycles. The molecule has 8 nitrogen and oxygen atoms in total. The van der Waals surface area contributed by atoms with E-state index < -0.39 is 12.0 Å². The van der Waals surface area contributed by atoms with E-state index >= 15 is 0 Å². The van der Waals surface area contributed by atoms with Gasteiger partial charge in [0.25, 0.3) is 6.01 Å². The largest absolute Gasteiger partial charge is 0.461 e. The first-order valence-electron chi connectivity index (χ1n) is 6.87. The first-order chi connectivity index (χ1) is 10.1. The van der Waals surface area contributed by atoms with Gasteiger partial charge in [-0.15, -0.1) is 0 Å². The fraction of sp³-hybridized carbons (Fsp3) is 0.615. The highest BCUT2D eigenvalue weighted by molar-refractivity contribution is 5.87. The van der Waals surface area contributed by atoms with Crippen LogP contribution < -0.4 is 5.32 Å². The molecule has 0 bridgehead atoms. The second-order valence-corrected chi connectivity index (χ2v) is 4.56. The Morgan fingerprint density at radius 1 is 1.48 bits per heavy atom. The number of ether oxygens (including phenoxy) is 2. The van der Waals surface area contributed by atoms with E-state index in [0.29, 0.717) is 26.3 Å². The van der Waals surface area contributed by atoms with Crippen LogP contribution in [-0.2, 0) is 14.3 Å². The Morgan fingerprint density at radius 3 is 2.86 bits per heavy atom. The molecule has 1 saturated heterocycles. The van der Waals surface area contributed by atoms with Gasteiger partial charge in [-0.3, -0.25) is 4.79 Å². The van der Waals surface area contributed by atoms with Crippen molar-refractivity contribution in [3.8, 4) is 0 Å². The fourth-order valence-corrected chi connectivity index (χ4v) is 1.94. The van der Waals surface area contributed by atoms with Gasteiger partial charge in [-0.2, -0.15) is 4.98 Å². The van der Waals surface area contributed by atoms with Crippen molar-refractivity contribution in [1.82, 2.24) is 9.88 Å². The summed E-state index contributed by atoms with van der Waals surface area (Å²) in [5.41, 5.74) is 0.0744. The molecule has 1 aliphatic heterocycles. The topological polar surface area (TPSA) is 93.9 Å². The first kappa shape index (κ1) is 15.3. The number of carbonyl (C=O) groups excluding carboxylic acids is 2. The molecule has 116 valence electrons.